The first-order valence-corrected chi connectivity index (χ1v) is 8.08. The van der Waals surface area contributed by atoms with Crippen molar-refractivity contribution in [3.8, 4) is 0 Å². The van der Waals surface area contributed by atoms with Gasteiger partial charge >= 0.3 is 6.18 Å². The number of carbonyl (C=O) groups excluding carboxylic acids is 1. The molecule has 4 nitrogen and oxygen atoms in total. The lowest BCUT2D eigenvalue weighted by atomic mass is 10.0. The monoisotopic (exact) mass is 382 g/mol. The minimum Gasteiger partial charge on any atom is -0.362 e. The molecular weight excluding hydrogens is 369 g/mol. The Bertz CT molecular complexity index is 855. The van der Waals surface area contributed by atoms with Crippen LogP contribution in [0.3, 0.4) is 0 Å². The third kappa shape index (κ3) is 3.45. The van der Waals surface area contributed by atoms with Gasteiger partial charge < -0.3 is 5.11 Å². The molecule has 1 heterocycles. The third-order valence-electron chi connectivity index (χ3n) is 4.03. The van der Waals surface area contributed by atoms with Gasteiger partial charge in [-0.1, -0.05) is 54.1 Å². The summed E-state index contributed by atoms with van der Waals surface area (Å²) >= 11 is 5.87. The lowest BCUT2D eigenvalue weighted by Gasteiger charge is -2.32. The van der Waals surface area contributed by atoms with E-state index in [0.717, 1.165) is 0 Å². The molecule has 0 saturated carbocycles. The zero-order valence-electron chi connectivity index (χ0n) is 13.4. The summed E-state index contributed by atoms with van der Waals surface area (Å²) in [6, 6.07) is 14.4. The molecule has 0 aromatic heterocycles. The average Bonchev–Trinajstić information content (AvgIpc) is 2.95. The first-order valence-electron chi connectivity index (χ1n) is 7.70. The number of hydrogen-bond acceptors (Lipinski definition) is 3. The Morgan fingerprint density at radius 2 is 1.88 bits per heavy atom. The Balaban J connectivity index is 1.96. The van der Waals surface area contributed by atoms with Gasteiger partial charge in [-0.3, -0.25) is 4.79 Å². The second-order valence-electron chi connectivity index (χ2n) is 5.92. The van der Waals surface area contributed by atoms with Gasteiger partial charge in [-0.05, 0) is 23.3 Å². The van der Waals surface area contributed by atoms with Crippen molar-refractivity contribution in [2.75, 3.05) is 0 Å². The molecule has 2 aromatic rings. The Kier molecular flexibility index (Phi) is 4.77. The molecule has 26 heavy (non-hydrogen) atoms. The fourth-order valence-corrected chi connectivity index (χ4v) is 2.89. The summed E-state index contributed by atoms with van der Waals surface area (Å²) in [6.45, 7) is 0. The van der Waals surface area contributed by atoms with Gasteiger partial charge in [-0.15, -0.1) is 0 Å². The van der Waals surface area contributed by atoms with Crippen molar-refractivity contribution >= 4 is 23.2 Å². The molecule has 0 spiro atoms. The summed E-state index contributed by atoms with van der Waals surface area (Å²) in [6.07, 6.45) is -6.24. The minimum absolute atomic E-state index is 0.0614. The van der Waals surface area contributed by atoms with Crippen LogP contribution in [0.2, 0.25) is 5.02 Å². The molecule has 0 aliphatic carbocycles. The van der Waals surface area contributed by atoms with Crippen LogP contribution in [0.5, 0.6) is 0 Å². The van der Waals surface area contributed by atoms with Gasteiger partial charge in [0.15, 0.2) is 0 Å². The molecule has 8 heteroatoms. The Morgan fingerprint density at radius 3 is 2.50 bits per heavy atom. The van der Waals surface area contributed by atoms with Crippen molar-refractivity contribution in [1.29, 1.82) is 0 Å². The van der Waals surface area contributed by atoms with Crippen LogP contribution in [0, 0.1) is 0 Å². The van der Waals surface area contributed by atoms with E-state index in [4.69, 9.17) is 11.6 Å². The molecule has 3 rings (SSSR count). The van der Waals surface area contributed by atoms with Gasteiger partial charge in [0.1, 0.15) is 0 Å². The number of amides is 1. The first kappa shape index (κ1) is 18.4. The van der Waals surface area contributed by atoms with Crippen LogP contribution < -0.4 is 0 Å². The number of aliphatic hydroxyl groups is 1. The molecule has 0 bridgehead atoms. The topological polar surface area (TPSA) is 52.9 Å². The third-order valence-corrected chi connectivity index (χ3v) is 4.27. The van der Waals surface area contributed by atoms with Gasteiger partial charge in [-0.25, -0.2) is 0 Å². The summed E-state index contributed by atoms with van der Waals surface area (Å²) in [5.41, 5.74) is -2.62. The number of hydrazone groups is 1. The zero-order chi connectivity index (χ0) is 18.9. The Hall–Kier alpha value is -2.38. The largest absolute Gasteiger partial charge is 0.438 e. The Labute approximate surface area is 152 Å². The fraction of sp³-hybridized carbons (Fsp3) is 0.222. The predicted molar refractivity (Wildman–Crippen MR) is 90.6 cm³/mol. The van der Waals surface area contributed by atoms with E-state index in [9.17, 15) is 23.1 Å². The molecule has 0 radical (unpaired) electrons. The van der Waals surface area contributed by atoms with Crippen molar-refractivity contribution in [2.45, 2.75) is 24.7 Å². The van der Waals surface area contributed by atoms with E-state index in [1.165, 1.54) is 12.1 Å². The number of rotatable bonds is 3. The number of benzene rings is 2. The molecule has 136 valence electrons. The molecule has 1 atom stereocenters. The van der Waals surface area contributed by atoms with E-state index in [2.05, 4.69) is 5.10 Å². The molecule has 0 saturated heterocycles. The number of carbonyl (C=O) groups is 1. The van der Waals surface area contributed by atoms with Gasteiger partial charge in [0.2, 0.25) is 5.91 Å². The van der Waals surface area contributed by atoms with Crippen LogP contribution in [0.1, 0.15) is 17.5 Å². The summed E-state index contributed by atoms with van der Waals surface area (Å²) in [5, 5.41) is 14.5. The van der Waals surface area contributed by atoms with Crippen LogP contribution in [-0.2, 0) is 11.2 Å². The average molecular weight is 383 g/mol. The highest BCUT2D eigenvalue weighted by Crippen LogP contribution is 2.41. The molecule has 0 fully saturated rings. The highest BCUT2D eigenvalue weighted by atomic mass is 35.5. The fourth-order valence-electron chi connectivity index (χ4n) is 2.70. The minimum atomic E-state index is -5.07. The van der Waals surface area contributed by atoms with E-state index in [1.807, 2.05) is 0 Å². The molecule has 1 aliphatic rings. The molecule has 2 aromatic carbocycles. The van der Waals surface area contributed by atoms with Gasteiger partial charge in [-0.2, -0.15) is 23.3 Å². The number of alkyl halides is 3. The molecule has 1 N–H and O–H groups in total. The number of nitrogens with zero attached hydrogens (tertiary/aromatic N) is 2. The van der Waals surface area contributed by atoms with Crippen LogP contribution in [-0.4, -0.2) is 33.6 Å². The number of hydrogen-bond donors (Lipinski definition) is 1. The Morgan fingerprint density at radius 1 is 1.19 bits per heavy atom. The van der Waals surface area contributed by atoms with Gasteiger partial charge in [0.25, 0.3) is 5.72 Å². The van der Waals surface area contributed by atoms with Crippen molar-refractivity contribution < 1.29 is 23.1 Å². The zero-order valence-corrected chi connectivity index (χ0v) is 14.1. The lowest BCUT2D eigenvalue weighted by Crippen LogP contribution is -2.57. The van der Waals surface area contributed by atoms with Crippen molar-refractivity contribution in [3.05, 3.63) is 70.7 Å². The van der Waals surface area contributed by atoms with E-state index in [0.29, 0.717) is 16.1 Å². The summed E-state index contributed by atoms with van der Waals surface area (Å²) in [4.78, 5) is 12.5. The van der Waals surface area contributed by atoms with Crippen LogP contribution >= 0.6 is 11.6 Å². The first-order chi connectivity index (χ1) is 12.2. The molecular formula is C18H14ClF3N2O2. The molecule has 1 unspecified atom stereocenters. The standard InChI is InChI=1S/C18H14ClF3N2O2/c19-14-8-4-7-13(10-14)15-11-17(26,18(20,21)22)24(23-15)16(25)9-12-5-2-1-3-6-12/h1-8,10,26H,9,11H2. The van der Waals surface area contributed by atoms with Crippen molar-refractivity contribution in [1.82, 2.24) is 5.01 Å². The quantitative estimate of drug-likeness (QED) is 0.878. The normalized spacial score (nSPS) is 20.2. The van der Waals surface area contributed by atoms with E-state index < -0.39 is 24.2 Å². The smallest absolute Gasteiger partial charge is 0.362 e. The summed E-state index contributed by atoms with van der Waals surface area (Å²) in [7, 11) is 0. The summed E-state index contributed by atoms with van der Waals surface area (Å²) in [5.74, 6) is -0.951. The predicted octanol–water partition coefficient (Wildman–Crippen LogP) is 3.77. The second-order valence-corrected chi connectivity index (χ2v) is 6.35. The number of halogens is 4. The van der Waals surface area contributed by atoms with E-state index >= 15 is 0 Å². The highest BCUT2D eigenvalue weighted by molar-refractivity contribution is 6.31. The highest BCUT2D eigenvalue weighted by Gasteiger charge is 2.63. The lowest BCUT2D eigenvalue weighted by molar-refractivity contribution is -0.302. The second kappa shape index (κ2) is 6.74. The van der Waals surface area contributed by atoms with Crippen LogP contribution in [0.4, 0.5) is 13.2 Å². The maximum absolute atomic E-state index is 13.5. The van der Waals surface area contributed by atoms with Gasteiger partial charge in [0, 0.05) is 5.02 Å². The van der Waals surface area contributed by atoms with Crippen LogP contribution in [0.25, 0.3) is 0 Å². The maximum Gasteiger partial charge on any atom is 0.438 e. The van der Waals surface area contributed by atoms with Crippen molar-refractivity contribution in [2.24, 2.45) is 5.10 Å². The summed E-state index contributed by atoms with van der Waals surface area (Å²) < 4.78 is 40.6. The SMILES string of the molecule is O=C(Cc1ccccc1)N1N=C(c2cccc(Cl)c2)CC1(O)C(F)(F)F. The van der Waals surface area contributed by atoms with E-state index in [-0.39, 0.29) is 17.1 Å². The van der Waals surface area contributed by atoms with Crippen LogP contribution in [0.15, 0.2) is 59.7 Å². The molecule has 1 amide bonds. The van der Waals surface area contributed by atoms with Gasteiger partial charge in [0.05, 0.1) is 18.6 Å². The van der Waals surface area contributed by atoms with Crippen molar-refractivity contribution in [3.63, 3.8) is 0 Å². The van der Waals surface area contributed by atoms with E-state index in [1.54, 1.807) is 42.5 Å². The maximum atomic E-state index is 13.5. The molecule has 1 aliphatic heterocycles.